The van der Waals surface area contributed by atoms with Gasteiger partial charge in [0.1, 0.15) is 0 Å². The van der Waals surface area contributed by atoms with Gasteiger partial charge in [-0.15, -0.1) is 0 Å². The summed E-state index contributed by atoms with van der Waals surface area (Å²) in [5.41, 5.74) is 2.28. The van der Waals surface area contributed by atoms with E-state index in [-0.39, 0.29) is 35.8 Å². The number of aryl methyl sites for hydroxylation is 1. The van der Waals surface area contributed by atoms with Gasteiger partial charge >= 0.3 is 0 Å². The van der Waals surface area contributed by atoms with Gasteiger partial charge in [-0.05, 0) is 55.7 Å². The summed E-state index contributed by atoms with van der Waals surface area (Å²) in [7, 11) is -3.65. The second-order valence-electron chi connectivity index (χ2n) is 8.19. The lowest BCUT2D eigenvalue weighted by Crippen LogP contribution is -2.31. The zero-order chi connectivity index (χ0) is 22.7. The topological polar surface area (TPSA) is 105 Å². The molecule has 2 aliphatic rings. The summed E-state index contributed by atoms with van der Waals surface area (Å²) in [5, 5.41) is 2.79. The van der Waals surface area contributed by atoms with E-state index in [2.05, 4.69) is 10.0 Å². The highest BCUT2D eigenvalue weighted by Crippen LogP contribution is 2.28. The number of carbonyl (C=O) groups is 2. The Morgan fingerprint density at radius 1 is 1.16 bits per heavy atom. The summed E-state index contributed by atoms with van der Waals surface area (Å²) >= 11 is 0. The fourth-order valence-electron chi connectivity index (χ4n) is 4.04. The Kier molecular flexibility index (Phi) is 6.59. The molecule has 2 N–H and O–H groups in total. The molecular weight excluding hydrogens is 430 g/mol. The number of hydrogen-bond donors (Lipinski definition) is 2. The molecule has 0 aromatic heterocycles. The molecule has 2 fully saturated rings. The van der Waals surface area contributed by atoms with E-state index in [1.165, 1.54) is 12.1 Å². The van der Waals surface area contributed by atoms with Crippen LogP contribution in [0.1, 0.15) is 24.8 Å². The van der Waals surface area contributed by atoms with E-state index in [1.54, 1.807) is 17.0 Å². The van der Waals surface area contributed by atoms with Gasteiger partial charge in [0.05, 0.1) is 16.9 Å². The number of nitrogens with zero attached hydrogens (tertiary/aromatic N) is 1. The Bertz CT molecular complexity index is 1090. The summed E-state index contributed by atoms with van der Waals surface area (Å²) in [6.07, 6.45) is 1.84. The van der Waals surface area contributed by atoms with Crippen LogP contribution in [0, 0.1) is 12.8 Å². The van der Waals surface area contributed by atoms with Gasteiger partial charge in [0, 0.05) is 37.5 Å². The van der Waals surface area contributed by atoms with Crippen molar-refractivity contribution in [3.63, 3.8) is 0 Å². The molecule has 0 bridgehead atoms. The zero-order valence-electron chi connectivity index (χ0n) is 17.9. The summed E-state index contributed by atoms with van der Waals surface area (Å²) in [6.45, 7) is 3.15. The minimum Gasteiger partial charge on any atom is -0.377 e. The van der Waals surface area contributed by atoms with E-state index in [4.69, 9.17) is 4.74 Å². The van der Waals surface area contributed by atoms with E-state index < -0.39 is 15.9 Å². The average molecular weight is 458 g/mol. The highest BCUT2D eigenvalue weighted by Gasteiger charge is 2.35. The zero-order valence-corrected chi connectivity index (χ0v) is 18.7. The predicted octanol–water partition coefficient (Wildman–Crippen LogP) is 2.44. The number of ether oxygens (including phenoxy) is 1. The number of rotatable bonds is 7. The van der Waals surface area contributed by atoms with Crippen LogP contribution in [-0.2, 0) is 24.3 Å². The number of nitrogens with one attached hydrogen (secondary N) is 2. The van der Waals surface area contributed by atoms with Crippen molar-refractivity contribution in [1.29, 1.82) is 0 Å². The van der Waals surface area contributed by atoms with Crippen molar-refractivity contribution in [3.8, 4) is 0 Å². The van der Waals surface area contributed by atoms with Gasteiger partial charge in [-0.25, -0.2) is 13.1 Å². The van der Waals surface area contributed by atoms with Crippen LogP contribution in [0.5, 0.6) is 0 Å². The van der Waals surface area contributed by atoms with Gasteiger partial charge in [0.2, 0.25) is 21.8 Å². The third-order valence-electron chi connectivity index (χ3n) is 5.86. The van der Waals surface area contributed by atoms with Crippen LogP contribution >= 0.6 is 0 Å². The maximum absolute atomic E-state index is 12.7. The number of amides is 2. The van der Waals surface area contributed by atoms with Gasteiger partial charge in [-0.3, -0.25) is 9.59 Å². The Hall–Kier alpha value is -2.75. The van der Waals surface area contributed by atoms with E-state index in [9.17, 15) is 18.0 Å². The first-order valence-electron chi connectivity index (χ1n) is 10.7. The molecule has 4 rings (SSSR count). The molecule has 2 aliphatic heterocycles. The third kappa shape index (κ3) is 5.01. The summed E-state index contributed by atoms with van der Waals surface area (Å²) in [4.78, 5) is 27.0. The SMILES string of the molecule is Cc1ccccc1N1C[C@@H](C(=O)Nc2ccc(S(=O)(=O)NC[C@H]3CCCO3)cc2)CC1=O. The first-order chi connectivity index (χ1) is 15.3. The molecule has 0 spiro atoms. The van der Waals surface area contributed by atoms with Crippen molar-refractivity contribution < 1.29 is 22.7 Å². The first-order valence-corrected chi connectivity index (χ1v) is 12.2. The second kappa shape index (κ2) is 9.40. The average Bonchev–Trinajstić information content (AvgIpc) is 3.43. The highest BCUT2D eigenvalue weighted by atomic mass is 32.2. The molecule has 2 atom stereocenters. The Morgan fingerprint density at radius 2 is 1.91 bits per heavy atom. The number of hydrogen-bond acceptors (Lipinski definition) is 5. The van der Waals surface area contributed by atoms with Crippen molar-refractivity contribution in [2.45, 2.75) is 37.2 Å². The molecule has 0 aliphatic carbocycles. The van der Waals surface area contributed by atoms with E-state index in [0.29, 0.717) is 18.8 Å². The van der Waals surface area contributed by atoms with Crippen LogP contribution in [0.2, 0.25) is 0 Å². The molecule has 32 heavy (non-hydrogen) atoms. The lowest BCUT2D eigenvalue weighted by molar-refractivity contribution is -0.122. The smallest absolute Gasteiger partial charge is 0.240 e. The van der Waals surface area contributed by atoms with Gasteiger partial charge < -0.3 is 15.0 Å². The molecule has 2 amide bonds. The molecule has 170 valence electrons. The van der Waals surface area contributed by atoms with Crippen LogP contribution in [0.3, 0.4) is 0 Å². The van der Waals surface area contributed by atoms with Crippen molar-refractivity contribution in [2.24, 2.45) is 5.92 Å². The number of carbonyl (C=O) groups excluding carboxylic acids is 2. The molecule has 2 aromatic carbocycles. The Balaban J connectivity index is 1.35. The van der Waals surface area contributed by atoms with Gasteiger partial charge in [0.15, 0.2) is 0 Å². The molecule has 2 heterocycles. The molecule has 0 saturated carbocycles. The number of para-hydroxylation sites is 1. The normalized spacial score (nSPS) is 21.2. The molecule has 0 unspecified atom stereocenters. The minimum atomic E-state index is -3.65. The maximum Gasteiger partial charge on any atom is 0.240 e. The van der Waals surface area contributed by atoms with Gasteiger partial charge in [-0.1, -0.05) is 18.2 Å². The van der Waals surface area contributed by atoms with Crippen LogP contribution in [0.15, 0.2) is 53.4 Å². The van der Waals surface area contributed by atoms with E-state index >= 15 is 0 Å². The minimum absolute atomic E-state index is 0.0850. The van der Waals surface area contributed by atoms with Crippen LogP contribution in [0.25, 0.3) is 0 Å². The summed E-state index contributed by atoms with van der Waals surface area (Å²) < 4.78 is 33.0. The van der Waals surface area contributed by atoms with Crippen LogP contribution < -0.4 is 14.9 Å². The lowest BCUT2D eigenvalue weighted by atomic mass is 10.1. The van der Waals surface area contributed by atoms with Crippen molar-refractivity contribution in [3.05, 3.63) is 54.1 Å². The van der Waals surface area contributed by atoms with E-state index in [0.717, 1.165) is 24.1 Å². The van der Waals surface area contributed by atoms with Gasteiger partial charge in [-0.2, -0.15) is 0 Å². The molecule has 2 aromatic rings. The molecular formula is C23H27N3O5S. The van der Waals surface area contributed by atoms with Gasteiger partial charge in [0.25, 0.3) is 0 Å². The quantitative estimate of drug-likeness (QED) is 0.665. The number of anilines is 2. The molecule has 0 radical (unpaired) electrons. The standard InChI is InChI=1S/C23H27N3O5S/c1-16-5-2-3-7-21(16)26-15-17(13-22(26)27)23(28)25-18-8-10-20(11-9-18)32(29,30)24-14-19-6-4-12-31-19/h2-3,5,7-11,17,19,24H,4,6,12-15H2,1H3,(H,25,28)/t17-,19+/m0/s1. The second-order valence-corrected chi connectivity index (χ2v) is 9.96. The van der Waals surface area contributed by atoms with Crippen molar-refractivity contribution in [1.82, 2.24) is 4.72 Å². The van der Waals surface area contributed by atoms with Crippen molar-refractivity contribution in [2.75, 3.05) is 29.9 Å². The summed E-state index contributed by atoms with van der Waals surface area (Å²) in [5.74, 6) is -0.821. The number of benzene rings is 2. The first kappa shape index (κ1) is 22.4. The fraction of sp³-hybridized carbons (Fsp3) is 0.391. The molecule has 8 nitrogen and oxygen atoms in total. The lowest BCUT2D eigenvalue weighted by Gasteiger charge is -2.19. The Morgan fingerprint density at radius 3 is 2.59 bits per heavy atom. The van der Waals surface area contributed by atoms with Crippen molar-refractivity contribution >= 4 is 33.2 Å². The molecule has 2 saturated heterocycles. The highest BCUT2D eigenvalue weighted by molar-refractivity contribution is 7.89. The Labute approximate surface area is 188 Å². The predicted molar refractivity (Wildman–Crippen MR) is 121 cm³/mol. The third-order valence-corrected chi connectivity index (χ3v) is 7.30. The summed E-state index contributed by atoms with van der Waals surface area (Å²) in [6, 6.07) is 13.6. The molecule has 9 heteroatoms. The van der Waals surface area contributed by atoms with Crippen LogP contribution in [0.4, 0.5) is 11.4 Å². The monoisotopic (exact) mass is 457 g/mol. The maximum atomic E-state index is 12.7. The number of sulfonamides is 1. The van der Waals surface area contributed by atoms with Crippen LogP contribution in [-0.4, -0.2) is 46.0 Å². The fourth-order valence-corrected chi connectivity index (χ4v) is 5.10. The van der Waals surface area contributed by atoms with E-state index in [1.807, 2.05) is 31.2 Å². The largest absolute Gasteiger partial charge is 0.377 e.